The van der Waals surface area contributed by atoms with E-state index in [4.69, 9.17) is 14.2 Å². The molecule has 2 N–H and O–H groups in total. The Hall–Kier alpha value is -1.79. The molecule has 1 aromatic rings. The van der Waals surface area contributed by atoms with E-state index in [1.165, 1.54) is 0 Å². The van der Waals surface area contributed by atoms with Gasteiger partial charge in [0.05, 0.1) is 19.8 Å². The molecule has 1 heterocycles. The third kappa shape index (κ3) is 7.32. The summed E-state index contributed by atoms with van der Waals surface area (Å²) in [7, 11) is 1.78. The average molecular weight is 349 g/mol. The van der Waals surface area contributed by atoms with E-state index >= 15 is 0 Å². The Morgan fingerprint density at radius 2 is 2.20 bits per heavy atom. The third-order valence-electron chi connectivity index (χ3n) is 4.08. The lowest BCUT2D eigenvalue weighted by Crippen LogP contribution is -2.37. The van der Waals surface area contributed by atoms with E-state index in [0.29, 0.717) is 19.1 Å². The van der Waals surface area contributed by atoms with E-state index in [-0.39, 0.29) is 0 Å². The molecule has 0 bridgehead atoms. The largest absolute Gasteiger partial charge is 0.494 e. The zero-order valence-corrected chi connectivity index (χ0v) is 15.4. The second kappa shape index (κ2) is 11.7. The van der Waals surface area contributed by atoms with Crippen molar-refractivity contribution in [3.63, 3.8) is 0 Å². The summed E-state index contributed by atoms with van der Waals surface area (Å²) in [6.07, 6.45) is 2.07. The predicted molar refractivity (Wildman–Crippen MR) is 100 cm³/mol. The SMILES string of the molecule is CCOc1ccccc1CNC(=NC)NCCCOCC1CCOC1. The molecule has 0 saturated carbocycles. The van der Waals surface area contributed by atoms with Crippen molar-refractivity contribution < 1.29 is 14.2 Å². The molecule has 6 heteroatoms. The summed E-state index contributed by atoms with van der Waals surface area (Å²) in [5.74, 6) is 2.28. The molecule has 0 amide bonds. The number of benzene rings is 1. The van der Waals surface area contributed by atoms with E-state index in [1.54, 1.807) is 7.05 Å². The Kier molecular flexibility index (Phi) is 9.15. The number of para-hydroxylation sites is 1. The first-order valence-corrected chi connectivity index (χ1v) is 9.14. The second-order valence-electron chi connectivity index (χ2n) is 6.05. The zero-order valence-electron chi connectivity index (χ0n) is 15.4. The van der Waals surface area contributed by atoms with Crippen LogP contribution in [0.25, 0.3) is 0 Å². The molecular formula is C19H31N3O3. The molecule has 1 aliphatic rings. The molecule has 0 spiro atoms. The van der Waals surface area contributed by atoms with Crippen molar-refractivity contribution in [2.75, 3.05) is 46.6 Å². The summed E-state index contributed by atoms with van der Waals surface area (Å²) in [6, 6.07) is 8.05. The molecule has 0 aromatic heterocycles. The summed E-state index contributed by atoms with van der Waals surface area (Å²) >= 11 is 0. The van der Waals surface area contributed by atoms with E-state index < -0.39 is 0 Å². The van der Waals surface area contributed by atoms with Gasteiger partial charge >= 0.3 is 0 Å². The molecule has 1 aliphatic heterocycles. The molecule has 1 aromatic carbocycles. The van der Waals surface area contributed by atoms with Crippen LogP contribution >= 0.6 is 0 Å². The minimum Gasteiger partial charge on any atom is -0.494 e. The summed E-state index contributed by atoms with van der Waals surface area (Å²) in [6.45, 7) is 7.45. The molecular weight excluding hydrogens is 318 g/mol. The maximum Gasteiger partial charge on any atom is 0.191 e. The molecule has 1 saturated heterocycles. The van der Waals surface area contributed by atoms with Crippen LogP contribution in [0.1, 0.15) is 25.3 Å². The van der Waals surface area contributed by atoms with Gasteiger partial charge in [0.2, 0.25) is 0 Å². The normalized spacial score (nSPS) is 17.5. The molecule has 1 atom stereocenters. The van der Waals surface area contributed by atoms with Gasteiger partial charge in [-0.1, -0.05) is 18.2 Å². The number of nitrogens with one attached hydrogen (secondary N) is 2. The minimum absolute atomic E-state index is 0.577. The maximum atomic E-state index is 5.71. The van der Waals surface area contributed by atoms with E-state index in [2.05, 4.69) is 21.7 Å². The van der Waals surface area contributed by atoms with Crippen molar-refractivity contribution in [1.82, 2.24) is 10.6 Å². The highest BCUT2D eigenvalue weighted by molar-refractivity contribution is 5.79. The quantitative estimate of drug-likeness (QED) is 0.385. The van der Waals surface area contributed by atoms with Crippen LogP contribution in [-0.4, -0.2) is 52.6 Å². The fourth-order valence-electron chi connectivity index (χ4n) is 2.69. The number of aliphatic imine (C=N–C) groups is 1. The van der Waals surface area contributed by atoms with Gasteiger partial charge in [0.15, 0.2) is 5.96 Å². The highest BCUT2D eigenvalue weighted by Crippen LogP contribution is 2.17. The smallest absolute Gasteiger partial charge is 0.191 e. The van der Waals surface area contributed by atoms with Gasteiger partial charge in [-0.2, -0.15) is 0 Å². The van der Waals surface area contributed by atoms with Gasteiger partial charge < -0.3 is 24.8 Å². The molecule has 2 rings (SSSR count). The molecule has 6 nitrogen and oxygen atoms in total. The van der Waals surface area contributed by atoms with Gasteiger partial charge in [0.25, 0.3) is 0 Å². The highest BCUT2D eigenvalue weighted by Gasteiger charge is 2.15. The molecule has 1 unspecified atom stereocenters. The lowest BCUT2D eigenvalue weighted by molar-refractivity contribution is 0.0888. The number of ether oxygens (including phenoxy) is 3. The Bertz CT molecular complexity index is 516. The van der Waals surface area contributed by atoms with Crippen LogP contribution in [-0.2, 0) is 16.0 Å². The monoisotopic (exact) mass is 349 g/mol. The van der Waals surface area contributed by atoms with Crippen molar-refractivity contribution in [2.24, 2.45) is 10.9 Å². The van der Waals surface area contributed by atoms with E-state index in [1.807, 2.05) is 25.1 Å². The molecule has 1 fully saturated rings. The maximum absolute atomic E-state index is 5.71. The number of rotatable bonds is 10. The Morgan fingerprint density at radius 1 is 1.32 bits per heavy atom. The summed E-state index contributed by atoms with van der Waals surface area (Å²) in [5, 5.41) is 6.63. The predicted octanol–water partition coefficient (Wildman–Crippen LogP) is 2.19. The van der Waals surface area contributed by atoms with Crippen LogP contribution in [0.5, 0.6) is 5.75 Å². The van der Waals surface area contributed by atoms with Crippen LogP contribution in [0.3, 0.4) is 0 Å². The fourth-order valence-corrected chi connectivity index (χ4v) is 2.69. The van der Waals surface area contributed by atoms with Crippen LogP contribution < -0.4 is 15.4 Å². The number of hydrogen-bond donors (Lipinski definition) is 2. The summed E-state index contributed by atoms with van der Waals surface area (Å²) < 4.78 is 16.7. The lowest BCUT2D eigenvalue weighted by Gasteiger charge is -2.14. The third-order valence-corrected chi connectivity index (χ3v) is 4.08. The average Bonchev–Trinajstić information content (AvgIpc) is 3.15. The lowest BCUT2D eigenvalue weighted by atomic mass is 10.1. The van der Waals surface area contributed by atoms with Gasteiger partial charge in [-0.05, 0) is 25.8 Å². The molecule has 0 aliphatic carbocycles. The van der Waals surface area contributed by atoms with Gasteiger partial charge in [0, 0.05) is 44.8 Å². The van der Waals surface area contributed by atoms with Gasteiger partial charge in [-0.15, -0.1) is 0 Å². The zero-order chi connectivity index (χ0) is 17.7. The first-order chi connectivity index (χ1) is 12.3. The van der Waals surface area contributed by atoms with Crippen LogP contribution in [0.15, 0.2) is 29.3 Å². The topological polar surface area (TPSA) is 64.1 Å². The minimum atomic E-state index is 0.577. The Morgan fingerprint density at radius 3 is 2.96 bits per heavy atom. The first kappa shape index (κ1) is 19.5. The van der Waals surface area contributed by atoms with Crippen LogP contribution in [0.4, 0.5) is 0 Å². The first-order valence-electron chi connectivity index (χ1n) is 9.14. The Balaban J connectivity index is 1.60. The number of guanidine groups is 1. The van der Waals surface area contributed by atoms with Crippen LogP contribution in [0.2, 0.25) is 0 Å². The van der Waals surface area contributed by atoms with Crippen molar-refractivity contribution in [3.05, 3.63) is 29.8 Å². The second-order valence-corrected chi connectivity index (χ2v) is 6.05. The van der Waals surface area contributed by atoms with Crippen molar-refractivity contribution >= 4 is 5.96 Å². The van der Waals surface area contributed by atoms with Crippen molar-refractivity contribution in [2.45, 2.75) is 26.3 Å². The van der Waals surface area contributed by atoms with Crippen LogP contribution in [0, 0.1) is 5.92 Å². The van der Waals surface area contributed by atoms with Crippen molar-refractivity contribution in [1.29, 1.82) is 0 Å². The molecule has 0 radical (unpaired) electrons. The number of nitrogens with zero attached hydrogens (tertiary/aromatic N) is 1. The standard InChI is InChI=1S/C19H31N3O3/c1-3-25-18-8-5-4-7-17(18)13-22-19(20-2)21-10-6-11-23-14-16-9-12-24-15-16/h4-5,7-8,16H,3,6,9-15H2,1-2H3,(H2,20,21,22). The van der Waals surface area contributed by atoms with Gasteiger partial charge in [-0.3, -0.25) is 4.99 Å². The fraction of sp³-hybridized carbons (Fsp3) is 0.632. The summed E-state index contributed by atoms with van der Waals surface area (Å²) in [4.78, 5) is 4.26. The van der Waals surface area contributed by atoms with Gasteiger partial charge in [0.1, 0.15) is 5.75 Å². The van der Waals surface area contributed by atoms with Crippen molar-refractivity contribution in [3.8, 4) is 5.75 Å². The molecule has 140 valence electrons. The summed E-state index contributed by atoms with van der Waals surface area (Å²) in [5.41, 5.74) is 1.12. The highest BCUT2D eigenvalue weighted by atomic mass is 16.5. The van der Waals surface area contributed by atoms with Gasteiger partial charge in [-0.25, -0.2) is 0 Å². The van der Waals surface area contributed by atoms with E-state index in [9.17, 15) is 0 Å². The Labute approximate surface area is 151 Å². The number of hydrogen-bond acceptors (Lipinski definition) is 4. The molecule has 25 heavy (non-hydrogen) atoms. The van der Waals surface area contributed by atoms with E-state index in [0.717, 1.165) is 63.1 Å².